The van der Waals surface area contributed by atoms with Crippen LogP contribution in [0.3, 0.4) is 0 Å². The maximum absolute atomic E-state index is 14.6. The zero-order valence-electron chi connectivity index (χ0n) is 21.0. The largest absolute Gasteiger partial charge is 0.416 e. The van der Waals surface area contributed by atoms with E-state index in [2.05, 4.69) is 5.10 Å². The second-order valence-electron chi connectivity index (χ2n) is 8.97. The lowest BCUT2D eigenvalue weighted by atomic mass is 10.0. The number of benzene rings is 4. The van der Waals surface area contributed by atoms with Crippen LogP contribution in [0.15, 0.2) is 114 Å². The molecule has 0 spiro atoms. The number of alkyl halides is 3. The van der Waals surface area contributed by atoms with Gasteiger partial charge in [0, 0.05) is 5.56 Å². The van der Waals surface area contributed by atoms with Gasteiger partial charge in [0.05, 0.1) is 17.2 Å². The van der Waals surface area contributed by atoms with Gasteiger partial charge in [0.25, 0.3) is 0 Å². The molecule has 0 N–H and O–H groups in total. The highest BCUT2D eigenvalue weighted by molar-refractivity contribution is 7.87. The molecule has 1 atom stereocenters. The van der Waals surface area contributed by atoms with Crippen molar-refractivity contribution in [2.24, 2.45) is 0 Å². The Morgan fingerprint density at radius 1 is 0.800 bits per heavy atom. The van der Waals surface area contributed by atoms with Crippen molar-refractivity contribution in [3.63, 3.8) is 0 Å². The molecular formula is C30H22F4N2O3S. The van der Waals surface area contributed by atoms with Crippen molar-refractivity contribution >= 4 is 10.1 Å². The quantitative estimate of drug-likeness (QED) is 0.149. The molecule has 0 radical (unpaired) electrons. The van der Waals surface area contributed by atoms with Crippen molar-refractivity contribution in [1.82, 2.24) is 9.78 Å². The maximum Gasteiger partial charge on any atom is 0.416 e. The molecule has 5 aromatic rings. The van der Waals surface area contributed by atoms with Crippen LogP contribution in [0.1, 0.15) is 24.1 Å². The lowest BCUT2D eigenvalue weighted by Crippen LogP contribution is -2.17. The first-order valence-electron chi connectivity index (χ1n) is 12.2. The molecule has 204 valence electrons. The molecular weight excluding hydrogens is 544 g/mol. The van der Waals surface area contributed by atoms with E-state index in [1.807, 2.05) is 0 Å². The number of halogens is 4. The molecule has 0 bridgehead atoms. The minimum atomic E-state index is -4.73. The number of rotatable bonds is 7. The number of hydrogen-bond donors (Lipinski definition) is 0. The van der Waals surface area contributed by atoms with Crippen molar-refractivity contribution < 1.29 is 30.2 Å². The fourth-order valence-corrected chi connectivity index (χ4v) is 5.35. The SMILES string of the molecule is CC(c1cccc(C(F)(F)F)c1)n1nc(-c2ccccc2)c(-c2ccccc2)c1OS(=O)(=O)c1ccccc1F. The van der Waals surface area contributed by atoms with Crippen LogP contribution in [0.25, 0.3) is 22.4 Å². The third-order valence-corrected chi connectivity index (χ3v) is 7.58. The molecule has 1 aromatic heterocycles. The predicted octanol–water partition coefficient (Wildman–Crippen LogP) is 7.75. The van der Waals surface area contributed by atoms with Crippen LogP contribution in [-0.2, 0) is 16.3 Å². The van der Waals surface area contributed by atoms with Gasteiger partial charge in [-0.25, -0.2) is 9.07 Å². The number of hydrogen-bond acceptors (Lipinski definition) is 4. The first-order chi connectivity index (χ1) is 19.1. The molecule has 40 heavy (non-hydrogen) atoms. The van der Waals surface area contributed by atoms with Gasteiger partial charge in [-0.15, -0.1) is 0 Å². The predicted molar refractivity (Wildman–Crippen MR) is 143 cm³/mol. The highest BCUT2D eigenvalue weighted by atomic mass is 32.2. The summed E-state index contributed by atoms with van der Waals surface area (Å²) >= 11 is 0. The maximum atomic E-state index is 14.6. The fraction of sp³-hybridized carbons (Fsp3) is 0.100. The molecule has 0 saturated heterocycles. The molecule has 0 fully saturated rings. The summed E-state index contributed by atoms with van der Waals surface area (Å²) in [6, 6.07) is 26.1. The van der Waals surface area contributed by atoms with Gasteiger partial charge in [-0.1, -0.05) is 84.9 Å². The van der Waals surface area contributed by atoms with Crippen LogP contribution in [0.2, 0.25) is 0 Å². The van der Waals surface area contributed by atoms with Crippen molar-refractivity contribution in [3.8, 4) is 28.3 Å². The van der Waals surface area contributed by atoms with Gasteiger partial charge in [0.1, 0.15) is 16.4 Å². The Morgan fingerprint density at radius 2 is 1.40 bits per heavy atom. The average molecular weight is 567 g/mol. The summed E-state index contributed by atoms with van der Waals surface area (Å²) in [6.07, 6.45) is -4.59. The fourth-order valence-electron chi connectivity index (χ4n) is 4.34. The summed E-state index contributed by atoms with van der Waals surface area (Å²) < 4.78 is 88.8. The minimum Gasteiger partial charge on any atom is -0.358 e. The first kappa shape index (κ1) is 27.1. The molecule has 10 heteroatoms. The molecule has 1 unspecified atom stereocenters. The Morgan fingerprint density at radius 3 is 2.02 bits per heavy atom. The van der Waals surface area contributed by atoms with Gasteiger partial charge in [-0.3, -0.25) is 0 Å². The molecule has 4 aromatic carbocycles. The zero-order valence-corrected chi connectivity index (χ0v) is 21.8. The average Bonchev–Trinajstić information content (AvgIpc) is 3.31. The Kier molecular flexibility index (Phi) is 7.20. The zero-order chi connectivity index (χ0) is 28.5. The van der Waals surface area contributed by atoms with E-state index < -0.39 is 38.6 Å². The smallest absolute Gasteiger partial charge is 0.358 e. The van der Waals surface area contributed by atoms with E-state index in [0.29, 0.717) is 16.8 Å². The summed E-state index contributed by atoms with van der Waals surface area (Å²) in [7, 11) is -4.73. The second-order valence-corrected chi connectivity index (χ2v) is 10.5. The standard InChI is InChI=1S/C30H22F4N2O3S/c1-20(23-15-10-16-24(19-23)30(32,33)34)36-29(39-40(37,38)26-18-9-8-17-25(26)31)27(21-11-4-2-5-12-21)28(35-36)22-13-6-3-7-14-22/h2-20H,1H3. The van der Waals surface area contributed by atoms with E-state index in [1.165, 1.54) is 28.9 Å². The topological polar surface area (TPSA) is 61.2 Å². The lowest BCUT2D eigenvalue weighted by molar-refractivity contribution is -0.137. The van der Waals surface area contributed by atoms with Crippen molar-refractivity contribution in [3.05, 3.63) is 126 Å². The van der Waals surface area contributed by atoms with Crippen LogP contribution >= 0.6 is 0 Å². The van der Waals surface area contributed by atoms with Crippen LogP contribution < -0.4 is 4.18 Å². The third-order valence-electron chi connectivity index (χ3n) is 6.33. The third kappa shape index (κ3) is 5.35. The molecule has 0 aliphatic rings. The monoisotopic (exact) mass is 566 g/mol. The van der Waals surface area contributed by atoms with Crippen molar-refractivity contribution in [1.29, 1.82) is 0 Å². The molecule has 1 heterocycles. The van der Waals surface area contributed by atoms with Crippen LogP contribution in [-0.4, -0.2) is 18.2 Å². The highest BCUT2D eigenvalue weighted by Gasteiger charge is 2.33. The van der Waals surface area contributed by atoms with Crippen molar-refractivity contribution in [2.45, 2.75) is 24.0 Å². The normalized spacial score (nSPS) is 12.7. The van der Waals surface area contributed by atoms with Crippen LogP contribution in [0, 0.1) is 5.82 Å². The van der Waals surface area contributed by atoms with E-state index in [4.69, 9.17) is 4.18 Å². The minimum absolute atomic E-state index is 0.213. The van der Waals surface area contributed by atoms with E-state index in [0.717, 1.165) is 24.3 Å². The highest BCUT2D eigenvalue weighted by Crippen LogP contribution is 2.43. The van der Waals surface area contributed by atoms with E-state index in [9.17, 15) is 26.0 Å². The van der Waals surface area contributed by atoms with E-state index in [1.54, 1.807) is 67.6 Å². The van der Waals surface area contributed by atoms with Gasteiger partial charge < -0.3 is 4.18 Å². The summed E-state index contributed by atoms with van der Waals surface area (Å²) in [5, 5.41) is 4.68. The lowest BCUT2D eigenvalue weighted by Gasteiger charge is -2.18. The summed E-state index contributed by atoms with van der Waals surface area (Å²) in [4.78, 5) is -0.685. The van der Waals surface area contributed by atoms with Gasteiger partial charge in [0.2, 0.25) is 5.88 Å². The summed E-state index contributed by atoms with van der Waals surface area (Å²) in [5.41, 5.74) is 1.13. The second kappa shape index (κ2) is 10.6. The van der Waals surface area contributed by atoms with Gasteiger partial charge in [0.15, 0.2) is 0 Å². The molecule has 5 nitrogen and oxygen atoms in total. The van der Waals surface area contributed by atoms with E-state index in [-0.39, 0.29) is 17.0 Å². The van der Waals surface area contributed by atoms with Gasteiger partial charge >= 0.3 is 16.3 Å². The molecule has 0 amide bonds. The molecule has 0 aliphatic heterocycles. The number of aromatic nitrogens is 2. The van der Waals surface area contributed by atoms with Crippen LogP contribution in [0.4, 0.5) is 17.6 Å². The number of nitrogens with zero attached hydrogens (tertiary/aromatic N) is 2. The summed E-state index contributed by atoms with van der Waals surface area (Å²) in [6.45, 7) is 1.58. The van der Waals surface area contributed by atoms with Crippen molar-refractivity contribution in [2.75, 3.05) is 0 Å². The van der Waals surface area contributed by atoms with Gasteiger partial charge in [-0.2, -0.15) is 26.7 Å². The Balaban J connectivity index is 1.77. The summed E-state index contributed by atoms with van der Waals surface area (Å²) in [5.74, 6) is -1.28. The Hall–Kier alpha value is -4.44. The Labute approximate surface area is 228 Å². The molecule has 0 saturated carbocycles. The first-order valence-corrected chi connectivity index (χ1v) is 13.6. The molecule has 0 aliphatic carbocycles. The molecule has 5 rings (SSSR count). The van der Waals surface area contributed by atoms with Gasteiger partial charge in [-0.05, 0) is 42.3 Å². The Bertz CT molecular complexity index is 1750. The van der Waals surface area contributed by atoms with E-state index >= 15 is 0 Å². The van der Waals surface area contributed by atoms with Crippen LogP contribution in [0.5, 0.6) is 5.88 Å².